The molecule has 6 rings (SSSR count). The van der Waals surface area contributed by atoms with Crippen LogP contribution in [0.25, 0.3) is 0 Å². The molecule has 0 aromatic heterocycles. The van der Waals surface area contributed by atoms with E-state index in [2.05, 4.69) is 12.2 Å². The van der Waals surface area contributed by atoms with Gasteiger partial charge in [-0.1, -0.05) is 0 Å². The number of nitrogens with one attached hydrogen (secondary N) is 1. The van der Waals surface area contributed by atoms with Crippen LogP contribution in [0.2, 0.25) is 0 Å². The van der Waals surface area contributed by atoms with E-state index in [1.165, 1.54) is 38.5 Å². The molecule has 0 unspecified atom stereocenters. The lowest BCUT2D eigenvalue weighted by molar-refractivity contribution is -0.181. The average Bonchev–Trinajstić information content (AvgIpc) is 3.02. The third-order valence-electron chi connectivity index (χ3n) is 7.97. The van der Waals surface area contributed by atoms with Gasteiger partial charge in [0.1, 0.15) is 0 Å². The van der Waals surface area contributed by atoms with Crippen LogP contribution in [0, 0.1) is 23.2 Å². The zero-order valence-corrected chi connectivity index (χ0v) is 15.5. The molecule has 25 heavy (non-hydrogen) atoms. The number of nitrogens with zero attached hydrogens (tertiary/aromatic N) is 1. The predicted octanol–water partition coefficient (Wildman–Crippen LogP) is 3.14. The number of ether oxygens (including phenoxy) is 2. The summed E-state index contributed by atoms with van der Waals surface area (Å²) < 4.78 is 11.5. The molecule has 0 aromatic rings. The number of carbonyl (C=O) groups is 1. The monoisotopic (exact) mass is 348 g/mol. The summed E-state index contributed by atoms with van der Waals surface area (Å²) in [6, 6.07) is 0.416. The molecule has 2 saturated heterocycles. The molecule has 1 atom stereocenters. The zero-order valence-electron chi connectivity index (χ0n) is 15.5. The highest BCUT2D eigenvalue weighted by atomic mass is 16.7. The van der Waals surface area contributed by atoms with Crippen LogP contribution in [-0.4, -0.2) is 49.1 Å². The van der Waals surface area contributed by atoms with E-state index in [0.29, 0.717) is 24.7 Å². The fourth-order valence-electron chi connectivity index (χ4n) is 6.97. The van der Waals surface area contributed by atoms with Crippen LogP contribution in [0.15, 0.2) is 0 Å². The minimum Gasteiger partial charge on any atom is -0.347 e. The first kappa shape index (κ1) is 16.4. The molecule has 0 radical (unpaired) electrons. The lowest BCUT2D eigenvalue weighted by Crippen LogP contribution is -2.58. The maximum atomic E-state index is 12.8. The van der Waals surface area contributed by atoms with Crippen LogP contribution >= 0.6 is 0 Å². The number of likely N-dealkylation sites (tertiary alicyclic amines) is 1. The standard InChI is InChI=1S/C20H32N2O3/c1-14(19-11-15-8-16(12-19)10-17(9-15)13-19)21-18(23)22-4-2-20(3-5-22)24-6-7-25-20/h14-17H,2-13H2,1H3,(H,21,23)/t14-,15?,16?,17?,19?/m0/s1. The second kappa shape index (κ2) is 5.85. The minimum absolute atomic E-state index is 0.121. The molecule has 1 spiro atoms. The topological polar surface area (TPSA) is 50.8 Å². The van der Waals surface area contributed by atoms with Gasteiger partial charge in [-0.05, 0) is 68.6 Å². The average molecular weight is 348 g/mol. The van der Waals surface area contributed by atoms with Crippen molar-refractivity contribution in [2.45, 2.75) is 70.1 Å². The van der Waals surface area contributed by atoms with Crippen LogP contribution in [0.4, 0.5) is 4.79 Å². The van der Waals surface area contributed by atoms with Crippen molar-refractivity contribution < 1.29 is 14.3 Å². The zero-order chi connectivity index (χ0) is 17.1. The fourth-order valence-corrected chi connectivity index (χ4v) is 6.97. The quantitative estimate of drug-likeness (QED) is 0.834. The van der Waals surface area contributed by atoms with E-state index in [4.69, 9.17) is 9.47 Å². The first-order valence-corrected chi connectivity index (χ1v) is 10.4. The Morgan fingerprint density at radius 1 is 1.00 bits per heavy atom. The lowest BCUT2D eigenvalue weighted by Gasteiger charge is -2.59. The van der Waals surface area contributed by atoms with Gasteiger partial charge in [0.15, 0.2) is 5.79 Å². The van der Waals surface area contributed by atoms with E-state index in [-0.39, 0.29) is 6.03 Å². The maximum absolute atomic E-state index is 12.8. The third-order valence-corrected chi connectivity index (χ3v) is 7.97. The molecule has 1 N–H and O–H groups in total. The van der Waals surface area contributed by atoms with Gasteiger partial charge < -0.3 is 19.7 Å². The van der Waals surface area contributed by atoms with Gasteiger partial charge in [0.05, 0.1) is 13.2 Å². The van der Waals surface area contributed by atoms with Crippen LogP contribution in [-0.2, 0) is 9.47 Å². The van der Waals surface area contributed by atoms with Crippen LogP contribution in [0.5, 0.6) is 0 Å². The molecule has 4 bridgehead atoms. The summed E-state index contributed by atoms with van der Waals surface area (Å²) in [4.78, 5) is 14.8. The first-order chi connectivity index (χ1) is 12.1. The van der Waals surface area contributed by atoms with Crippen molar-refractivity contribution in [2.24, 2.45) is 23.2 Å². The van der Waals surface area contributed by atoms with Crippen molar-refractivity contribution in [3.8, 4) is 0 Å². The number of amides is 2. The van der Waals surface area contributed by atoms with Gasteiger partial charge in [-0.25, -0.2) is 4.79 Å². The van der Waals surface area contributed by atoms with Crippen molar-refractivity contribution >= 4 is 6.03 Å². The van der Waals surface area contributed by atoms with E-state index in [1.54, 1.807) is 0 Å². The molecule has 6 fully saturated rings. The van der Waals surface area contributed by atoms with Gasteiger partial charge in [0.25, 0.3) is 0 Å². The highest BCUT2D eigenvalue weighted by molar-refractivity contribution is 5.74. The Balaban J connectivity index is 1.20. The van der Waals surface area contributed by atoms with E-state index in [0.717, 1.165) is 43.7 Å². The Labute approximate surface area is 150 Å². The normalized spacial score (nSPS) is 42.8. The summed E-state index contributed by atoms with van der Waals surface area (Å²) in [6.45, 7) is 5.11. The fraction of sp³-hybridized carbons (Fsp3) is 0.950. The smallest absolute Gasteiger partial charge is 0.317 e. The van der Waals surface area contributed by atoms with Gasteiger partial charge in [-0.15, -0.1) is 0 Å². The first-order valence-electron chi connectivity index (χ1n) is 10.4. The molecule has 0 aromatic carbocycles. The number of urea groups is 1. The molecule has 5 nitrogen and oxygen atoms in total. The summed E-state index contributed by atoms with van der Waals surface area (Å²) in [5.41, 5.74) is 0.374. The highest BCUT2D eigenvalue weighted by Gasteiger charge is 2.53. The summed E-state index contributed by atoms with van der Waals surface area (Å²) >= 11 is 0. The Hall–Kier alpha value is -0.810. The molecule has 2 amide bonds. The van der Waals surface area contributed by atoms with Gasteiger partial charge in [-0.2, -0.15) is 0 Å². The van der Waals surface area contributed by atoms with Crippen molar-refractivity contribution in [1.82, 2.24) is 10.2 Å². The Morgan fingerprint density at radius 2 is 1.52 bits per heavy atom. The summed E-state index contributed by atoms with van der Waals surface area (Å²) in [5, 5.41) is 3.39. The summed E-state index contributed by atoms with van der Waals surface area (Å²) in [5.74, 6) is 2.38. The molecule has 4 aliphatic carbocycles. The largest absolute Gasteiger partial charge is 0.347 e. The van der Waals surface area contributed by atoms with Gasteiger partial charge in [0.2, 0.25) is 0 Å². The number of hydrogen-bond acceptors (Lipinski definition) is 3. The number of rotatable bonds is 2. The molecule has 6 aliphatic rings. The Bertz CT molecular complexity index is 498. The Kier molecular flexibility index (Phi) is 3.83. The van der Waals surface area contributed by atoms with Crippen LogP contribution in [0.3, 0.4) is 0 Å². The van der Waals surface area contributed by atoms with Gasteiger partial charge in [0, 0.05) is 32.0 Å². The van der Waals surface area contributed by atoms with E-state index < -0.39 is 5.79 Å². The molecule has 5 heteroatoms. The molecule has 2 aliphatic heterocycles. The highest BCUT2D eigenvalue weighted by Crippen LogP contribution is 2.61. The molecular formula is C20H32N2O3. The second-order valence-corrected chi connectivity index (χ2v) is 9.55. The van der Waals surface area contributed by atoms with Crippen molar-refractivity contribution in [3.05, 3.63) is 0 Å². The van der Waals surface area contributed by atoms with Crippen molar-refractivity contribution in [3.63, 3.8) is 0 Å². The summed E-state index contributed by atoms with van der Waals surface area (Å²) in [7, 11) is 0. The van der Waals surface area contributed by atoms with E-state index in [9.17, 15) is 4.79 Å². The van der Waals surface area contributed by atoms with Crippen LogP contribution < -0.4 is 5.32 Å². The minimum atomic E-state index is -0.400. The molecule has 140 valence electrons. The third kappa shape index (κ3) is 2.78. The van der Waals surface area contributed by atoms with Crippen molar-refractivity contribution in [2.75, 3.05) is 26.3 Å². The SMILES string of the molecule is C[C@H](NC(=O)N1CCC2(CC1)OCCO2)C12CC3CC(CC(C3)C1)C2. The number of carbonyl (C=O) groups excluding carboxylic acids is 1. The van der Waals surface area contributed by atoms with E-state index >= 15 is 0 Å². The summed E-state index contributed by atoms with van der Waals surface area (Å²) in [6.07, 6.45) is 9.97. The maximum Gasteiger partial charge on any atom is 0.317 e. The lowest BCUT2D eigenvalue weighted by atomic mass is 9.48. The van der Waals surface area contributed by atoms with Crippen molar-refractivity contribution in [1.29, 1.82) is 0 Å². The van der Waals surface area contributed by atoms with Gasteiger partial charge >= 0.3 is 6.03 Å². The van der Waals surface area contributed by atoms with E-state index in [1.807, 2.05) is 4.90 Å². The van der Waals surface area contributed by atoms with Crippen LogP contribution in [0.1, 0.15) is 58.3 Å². The Morgan fingerprint density at radius 3 is 2.04 bits per heavy atom. The number of hydrogen-bond donors (Lipinski definition) is 1. The molecule has 4 saturated carbocycles. The molecule has 2 heterocycles. The number of piperidine rings is 1. The van der Waals surface area contributed by atoms with Gasteiger partial charge in [-0.3, -0.25) is 0 Å². The molecular weight excluding hydrogens is 316 g/mol. The predicted molar refractivity (Wildman–Crippen MR) is 94.0 cm³/mol. The second-order valence-electron chi connectivity index (χ2n) is 9.55.